The Hall–Kier alpha value is -0.0800. The van der Waals surface area contributed by atoms with Gasteiger partial charge in [0.2, 0.25) is 0 Å². The molecule has 1 rings (SSSR count). The summed E-state index contributed by atoms with van der Waals surface area (Å²) in [5.74, 6) is 1.02. The number of hydrogen-bond acceptors (Lipinski definition) is 2. The van der Waals surface area contributed by atoms with E-state index >= 15 is 0 Å². The molecule has 11 heavy (non-hydrogen) atoms. The monoisotopic (exact) mass is 156 g/mol. The van der Waals surface area contributed by atoms with E-state index in [1.807, 2.05) is 6.92 Å². The van der Waals surface area contributed by atoms with E-state index in [1.165, 1.54) is 25.7 Å². The topological polar surface area (TPSA) is 38.0 Å². The molecule has 1 fully saturated rings. The molecule has 1 aliphatic rings. The number of nitrogens with one attached hydrogen (secondary N) is 1. The molecular formula is C9H20N2. The molecule has 1 saturated carbocycles. The van der Waals surface area contributed by atoms with Crippen molar-refractivity contribution in [3.8, 4) is 0 Å². The van der Waals surface area contributed by atoms with Gasteiger partial charge in [-0.05, 0) is 25.8 Å². The summed E-state index contributed by atoms with van der Waals surface area (Å²) in [5, 5.41) is 3.36. The molecule has 0 aliphatic heterocycles. The molecule has 0 aromatic heterocycles. The van der Waals surface area contributed by atoms with Gasteiger partial charge >= 0.3 is 0 Å². The predicted octanol–water partition coefficient (Wildman–Crippen LogP) is 1.11. The summed E-state index contributed by atoms with van der Waals surface area (Å²) in [5.41, 5.74) is 5.59. The zero-order valence-electron chi connectivity index (χ0n) is 7.47. The highest BCUT2D eigenvalue weighted by Crippen LogP contribution is 2.28. The molecule has 1 unspecified atom stereocenters. The van der Waals surface area contributed by atoms with Gasteiger partial charge in [-0.1, -0.05) is 19.3 Å². The van der Waals surface area contributed by atoms with Crippen LogP contribution in [0.25, 0.3) is 0 Å². The minimum atomic E-state index is 0.302. The van der Waals surface area contributed by atoms with Gasteiger partial charge in [0.15, 0.2) is 0 Å². The van der Waals surface area contributed by atoms with Crippen molar-refractivity contribution in [2.75, 3.05) is 13.1 Å². The van der Waals surface area contributed by atoms with Crippen LogP contribution >= 0.6 is 0 Å². The molecule has 0 spiro atoms. The van der Waals surface area contributed by atoms with Crippen molar-refractivity contribution in [3.63, 3.8) is 0 Å². The van der Waals surface area contributed by atoms with Crippen molar-refractivity contribution < 1.29 is 0 Å². The highest BCUT2D eigenvalue weighted by Gasteiger charge is 2.15. The maximum atomic E-state index is 5.59. The van der Waals surface area contributed by atoms with Crippen LogP contribution in [0.1, 0.15) is 32.6 Å². The number of rotatable bonds is 5. The average molecular weight is 156 g/mol. The van der Waals surface area contributed by atoms with E-state index in [1.54, 1.807) is 0 Å². The second-order valence-corrected chi connectivity index (χ2v) is 3.77. The van der Waals surface area contributed by atoms with Crippen LogP contribution in [-0.4, -0.2) is 19.1 Å². The van der Waals surface area contributed by atoms with Gasteiger partial charge in [0.1, 0.15) is 0 Å². The summed E-state index contributed by atoms with van der Waals surface area (Å²) >= 11 is 0. The van der Waals surface area contributed by atoms with Gasteiger partial charge in [-0.2, -0.15) is 0 Å². The van der Waals surface area contributed by atoms with Crippen molar-refractivity contribution in [1.82, 2.24) is 5.32 Å². The highest BCUT2D eigenvalue weighted by atomic mass is 14.9. The maximum absolute atomic E-state index is 5.59. The van der Waals surface area contributed by atoms with Crippen LogP contribution in [0.2, 0.25) is 0 Å². The molecule has 0 heterocycles. The van der Waals surface area contributed by atoms with Crippen LogP contribution in [0.4, 0.5) is 0 Å². The smallest absolute Gasteiger partial charge is 0.0136 e. The van der Waals surface area contributed by atoms with Gasteiger partial charge in [-0.3, -0.25) is 0 Å². The Bertz CT molecular complexity index is 97.7. The van der Waals surface area contributed by atoms with Crippen LogP contribution < -0.4 is 11.1 Å². The first-order valence-electron chi connectivity index (χ1n) is 4.75. The Morgan fingerprint density at radius 1 is 1.55 bits per heavy atom. The van der Waals surface area contributed by atoms with Crippen molar-refractivity contribution in [3.05, 3.63) is 0 Å². The zero-order valence-corrected chi connectivity index (χ0v) is 7.47. The van der Waals surface area contributed by atoms with Crippen LogP contribution in [0, 0.1) is 5.92 Å². The quantitative estimate of drug-likeness (QED) is 0.585. The Kier molecular flexibility index (Phi) is 3.87. The fourth-order valence-corrected chi connectivity index (χ4v) is 1.42. The van der Waals surface area contributed by atoms with E-state index in [-0.39, 0.29) is 0 Å². The summed E-state index contributed by atoms with van der Waals surface area (Å²) in [6.07, 6.45) is 5.73. The van der Waals surface area contributed by atoms with Gasteiger partial charge in [-0.15, -0.1) is 0 Å². The average Bonchev–Trinajstić information content (AvgIpc) is 1.82. The van der Waals surface area contributed by atoms with E-state index in [4.69, 9.17) is 5.73 Å². The summed E-state index contributed by atoms with van der Waals surface area (Å²) in [6, 6.07) is 0.302. The summed E-state index contributed by atoms with van der Waals surface area (Å²) in [6.45, 7) is 4.16. The van der Waals surface area contributed by atoms with Crippen LogP contribution in [-0.2, 0) is 0 Å². The Morgan fingerprint density at radius 3 is 2.73 bits per heavy atom. The van der Waals surface area contributed by atoms with Crippen molar-refractivity contribution >= 4 is 0 Å². The fourth-order valence-electron chi connectivity index (χ4n) is 1.42. The SMILES string of the molecule is CC(N)CNCCC1CCC1. The molecule has 3 N–H and O–H groups in total. The van der Waals surface area contributed by atoms with Gasteiger partial charge < -0.3 is 11.1 Å². The first kappa shape index (κ1) is 9.01. The van der Waals surface area contributed by atoms with Crippen LogP contribution in [0.5, 0.6) is 0 Å². The Morgan fingerprint density at radius 2 is 2.27 bits per heavy atom. The first-order chi connectivity index (χ1) is 5.29. The van der Waals surface area contributed by atoms with E-state index in [0.717, 1.165) is 19.0 Å². The second kappa shape index (κ2) is 4.73. The van der Waals surface area contributed by atoms with E-state index < -0.39 is 0 Å². The Balaban J connectivity index is 1.80. The minimum absolute atomic E-state index is 0.302. The summed E-state index contributed by atoms with van der Waals surface area (Å²) in [4.78, 5) is 0. The Labute approximate surface area is 69.5 Å². The fraction of sp³-hybridized carbons (Fsp3) is 1.00. The molecule has 0 amide bonds. The second-order valence-electron chi connectivity index (χ2n) is 3.77. The lowest BCUT2D eigenvalue weighted by molar-refractivity contribution is 0.291. The summed E-state index contributed by atoms with van der Waals surface area (Å²) in [7, 11) is 0. The first-order valence-corrected chi connectivity index (χ1v) is 4.75. The third kappa shape index (κ3) is 3.73. The molecule has 0 radical (unpaired) electrons. The molecule has 0 aromatic carbocycles. The molecular weight excluding hydrogens is 136 g/mol. The molecule has 0 aromatic rings. The zero-order chi connectivity index (χ0) is 8.10. The summed E-state index contributed by atoms with van der Waals surface area (Å²) < 4.78 is 0. The van der Waals surface area contributed by atoms with E-state index in [2.05, 4.69) is 5.32 Å². The predicted molar refractivity (Wildman–Crippen MR) is 48.5 cm³/mol. The largest absolute Gasteiger partial charge is 0.327 e. The highest BCUT2D eigenvalue weighted by molar-refractivity contribution is 4.70. The molecule has 0 saturated heterocycles. The lowest BCUT2D eigenvalue weighted by Gasteiger charge is -2.25. The number of hydrogen-bond donors (Lipinski definition) is 2. The normalized spacial score (nSPS) is 21.3. The molecule has 2 nitrogen and oxygen atoms in total. The molecule has 0 bridgehead atoms. The number of nitrogens with two attached hydrogens (primary N) is 1. The lowest BCUT2D eigenvalue weighted by Crippen LogP contribution is -2.32. The molecule has 1 atom stereocenters. The van der Waals surface area contributed by atoms with Crippen LogP contribution in [0.3, 0.4) is 0 Å². The lowest BCUT2D eigenvalue weighted by atomic mass is 9.83. The molecule has 2 heteroatoms. The van der Waals surface area contributed by atoms with Crippen molar-refractivity contribution in [2.45, 2.75) is 38.6 Å². The van der Waals surface area contributed by atoms with Gasteiger partial charge in [0, 0.05) is 12.6 Å². The third-order valence-corrected chi connectivity index (χ3v) is 2.42. The van der Waals surface area contributed by atoms with E-state index in [9.17, 15) is 0 Å². The van der Waals surface area contributed by atoms with Crippen molar-refractivity contribution in [2.24, 2.45) is 11.7 Å². The van der Waals surface area contributed by atoms with Gasteiger partial charge in [0.25, 0.3) is 0 Å². The van der Waals surface area contributed by atoms with Gasteiger partial charge in [-0.25, -0.2) is 0 Å². The molecule has 1 aliphatic carbocycles. The standard InChI is InChI=1S/C9H20N2/c1-8(10)7-11-6-5-9-3-2-4-9/h8-9,11H,2-7,10H2,1H3. The third-order valence-electron chi connectivity index (χ3n) is 2.42. The molecule has 66 valence electrons. The van der Waals surface area contributed by atoms with Crippen LogP contribution in [0.15, 0.2) is 0 Å². The maximum Gasteiger partial charge on any atom is 0.0136 e. The minimum Gasteiger partial charge on any atom is -0.327 e. The van der Waals surface area contributed by atoms with E-state index in [0.29, 0.717) is 6.04 Å². The van der Waals surface area contributed by atoms with Gasteiger partial charge in [0.05, 0.1) is 0 Å². The van der Waals surface area contributed by atoms with Crippen molar-refractivity contribution in [1.29, 1.82) is 0 Å².